The number of carbonyl (C=O) groups excluding carboxylic acids is 2. The van der Waals surface area contributed by atoms with E-state index in [1.165, 1.54) is 6.07 Å². The van der Waals surface area contributed by atoms with Crippen molar-refractivity contribution in [2.75, 3.05) is 6.61 Å². The highest BCUT2D eigenvalue weighted by atomic mass is 35.5. The van der Waals surface area contributed by atoms with Crippen molar-refractivity contribution in [3.8, 4) is 5.75 Å². The van der Waals surface area contributed by atoms with E-state index in [1.54, 1.807) is 18.2 Å². The molecule has 0 N–H and O–H groups in total. The number of rotatable bonds is 8. The molecule has 1 aromatic rings. The van der Waals surface area contributed by atoms with Gasteiger partial charge in [-0.25, -0.2) is 9.59 Å². The molecule has 114 valence electrons. The van der Waals surface area contributed by atoms with Crippen LogP contribution in [0.15, 0.2) is 36.4 Å². The van der Waals surface area contributed by atoms with Crippen LogP contribution in [0, 0.1) is 0 Å². The van der Waals surface area contributed by atoms with E-state index in [0.717, 1.165) is 37.8 Å². The molecule has 0 radical (unpaired) electrons. The number of halogens is 1. The summed E-state index contributed by atoms with van der Waals surface area (Å²) in [6.07, 6.45) is 6.22. The fourth-order valence-corrected chi connectivity index (χ4v) is 1.75. The molecule has 0 bridgehead atoms. The fourth-order valence-electron chi connectivity index (χ4n) is 1.57. The zero-order valence-corrected chi connectivity index (χ0v) is 12.8. The minimum absolute atomic E-state index is 0.324. The lowest BCUT2D eigenvalue weighted by molar-refractivity contribution is -0.138. The SMILES string of the molecule is CCCCCCOC(=O)/C=C/C(=O)Oc1cccc(Cl)c1. The minimum atomic E-state index is -0.653. The average molecular weight is 311 g/mol. The highest BCUT2D eigenvalue weighted by Crippen LogP contribution is 2.17. The van der Waals surface area contributed by atoms with Crippen molar-refractivity contribution < 1.29 is 19.1 Å². The maximum absolute atomic E-state index is 11.5. The molecule has 0 aliphatic rings. The van der Waals surface area contributed by atoms with Gasteiger partial charge in [0.1, 0.15) is 5.75 Å². The number of hydrogen-bond donors (Lipinski definition) is 0. The van der Waals surface area contributed by atoms with E-state index in [1.807, 2.05) is 0 Å². The maximum Gasteiger partial charge on any atom is 0.336 e. The first-order valence-corrected chi connectivity index (χ1v) is 7.32. The first kappa shape index (κ1) is 17.2. The third kappa shape index (κ3) is 8.15. The van der Waals surface area contributed by atoms with Crippen LogP contribution in [0.3, 0.4) is 0 Å². The summed E-state index contributed by atoms with van der Waals surface area (Å²) < 4.78 is 9.94. The molecule has 4 nitrogen and oxygen atoms in total. The summed E-state index contributed by atoms with van der Waals surface area (Å²) in [5.74, 6) is -0.875. The van der Waals surface area contributed by atoms with E-state index in [0.29, 0.717) is 17.4 Å². The summed E-state index contributed by atoms with van der Waals surface area (Å²) in [6, 6.07) is 6.45. The third-order valence-electron chi connectivity index (χ3n) is 2.61. The van der Waals surface area contributed by atoms with Crippen molar-refractivity contribution >= 4 is 23.5 Å². The number of unbranched alkanes of at least 4 members (excludes halogenated alkanes) is 3. The smallest absolute Gasteiger partial charge is 0.336 e. The molecule has 0 atom stereocenters. The lowest BCUT2D eigenvalue weighted by atomic mass is 10.2. The van der Waals surface area contributed by atoms with Gasteiger partial charge in [-0.05, 0) is 24.6 Å². The van der Waals surface area contributed by atoms with E-state index in [4.69, 9.17) is 21.1 Å². The lowest BCUT2D eigenvalue weighted by Gasteiger charge is -2.02. The van der Waals surface area contributed by atoms with Gasteiger partial charge in [0.15, 0.2) is 0 Å². The molecule has 0 unspecified atom stereocenters. The Morgan fingerprint density at radius 1 is 1.14 bits per heavy atom. The van der Waals surface area contributed by atoms with Crippen LogP contribution in [-0.2, 0) is 14.3 Å². The summed E-state index contributed by atoms with van der Waals surface area (Å²) in [4.78, 5) is 22.8. The normalized spacial score (nSPS) is 10.6. The highest BCUT2D eigenvalue weighted by Gasteiger charge is 2.03. The Morgan fingerprint density at radius 3 is 2.62 bits per heavy atom. The fraction of sp³-hybridized carbons (Fsp3) is 0.375. The van der Waals surface area contributed by atoms with Gasteiger partial charge in [0.05, 0.1) is 6.61 Å². The summed E-state index contributed by atoms with van der Waals surface area (Å²) >= 11 is 5.77. The van der Waals surface area contributed by atoms with E-state index < -0.39 is 11.9 Å². The second kappa shape index (κ2) is 10.00. The molecule has 0 heterocycles. The van der Waals surface area contributed by atoms with Crippen LogP contribution in [-0.4, -0.2) is 18.5 Å². The Hall–Kier alpha value is -1.81. The van der Waals surface area contributed by atoms with Crippen LogP contribution < -0.4 is 4.74 Å². The molecule has 1 rings (SSSR count). The number of carbonyl (C=O) groups is 2. The second-order valence-corrected chi connectivity index (χ2v) is 4.88. The van der Waals surface area contributed by atoms with Crippen molar-refractivity contribution in [2.45, 2.75) is 32.6 Å². The molecule has 21 heavy (non-hydrogen) atoms. The largest absolute Gasteiger partial charge is 0.463 e. The molecule has 0 aliphatic carbocycles. The van der Waals surface area contributed by atoms with Gasteiger partial charge in [0, 0.05) is 17.2 Å². The summed E-state index contributed by atoms with van der Waals surface area (Å²) in [5, 5.41) is 0.468. The van der Waals surface area contributed by atoms with Crippen molar-refractivity contribution in [3.05, 3.63) is 41.4 Å². The molecular weight excluding hydrogens is 292 g/mol. The molecule has 5 heteroatoms. The van der Waals surface area contributed by atoms with Crippen molar-refractivity contribution in [3.63, 3.8) is 0 Å². The standard InChI is InChI=1S/C16H19ClO4/c1-2-3-4-5-11-20-15(18)9-10-16(19)21-14-8-6-7-13(17)12-14/h6-10,12H,2-5,11H2,1H3/b10-9+. The van der Waals surface area contributed by atoms with Gasteiger partial charge in [-0.15, -0.1) is 0 Å². The summed E-state index contributed by atoms with van der Waals surface area (Å²) in [5.41, 5.74) is 0. The quantitative estimate of drug-likeness (QED) is 0.316. The first-order chi connectivity index (χ1) is 10.1. The summed E-state index contributed by atoms with van der Waals surface area (Å²) in [6.45, 7) is 2.48. The molecule has 0 saturated heterocycles. The number of ether oxygens (including phenoxy) is 2. The molecule has 1 aromatic carbocycles. The number of benzene rings is 1. The monoisotopic (exact) mass is 310 g/mol. The van der Waals surface area contributed by atoms with Crippen LogP contribution >= 0.6 is 11.6 Å². The van der Waals surface area contributed by atoms with Crippen LogP contribution in [0.5, 0.6) is 5.75 Å². The van der Waals surface area contributed by atoms with E-state index >= 15 is 0 Å². The van der Waals surface area contributed by atoms with Gasteiger partial charge in [-0.1, -0.05) is 43.9 Å². The van der Waals surface area contributed by atoms with E-state index in [9.17, 15) is 9.59 Å². The zero-order valence-electron chi connectivity index (χ0n) is 12.0. The molecule has 0 fully saturated rings. The van der Waals surface area contributed by atoms with E-state index in [2.05, 4.69) is 6.92 Å². The number of esters is 2. The molecule has 0 spiro atoms. The Bertz CT molecular complexity index is 497. The van der Waals surface area contributed by atoms with Gasteiger partial charge in [0.2, 0.25) is 0 Å². The lowest BCUT2D eigenvalue weighted by Crippen LogP contribution is -2.07. The topological polar surface area (TPSA) is 52.6 Å². The van der Waals surface area contributed by atoms with Crippen LogP contribution in [0.25, 0.3) is 0 Å². The van der Waals surface area contributed by atoms with Crippen molar-refractivity contribution in [2.24, 2.45) is 0 Å². The van der Waals surface area contributed by atoms with E-state index in [-0.39, 0.29) is 0 Å². The predicted molar refractivity (Wildman–Crippen MR) is 81.3 cm³/mol. The van der Waals surface area contributed by atoms with Crippen molar-refractivity contribution in [1.82, 2.24) is 0 Å². The molecule has 0 saturated carbocycles. The average Bonchev–Trinajstić information content (AvgIpc) is 2.45. The molecular formula is C16H19ClO4. The second-order valence-electron chi connectivity index (χ2n) is 4.44. The van der Waals surface area contributed by atoms with Crippen LogP contribution in [0.4, 0.5) is 0 Å². The first-order valence-electron chi connectivity index (χ1n) is 6.94. The van der Waals surface area contributed by atoms with Gasteiger partial charge >= 0.3 is 11.9 Å². The van der Waals surface area contributed by atoms with Gasteiger partial charge in [-0.2, -0.15) is 0 Å². The Morgan fingerprint density at radius 2 is 1.90 bits per heavy atom. The molecule has 0 aliphatic heterocycles. The summed E-state index contributed by atoms with van der Waals surface area (Å²) in [7, 11) is 0. The predicted octanol–water partition coefficient (Wildman–Crippen LogP) is 3.93. The van der Waals surface area contributed by atoms with Gasteiger partial charge in [0.25, 0.3) is 0 Å². The van der Waals surface area contributed by atoms with Gasteiger partial charge in [-0.3, -0.25) is 0 Å². The van der Waals surface area contributed by atoms with Crippen LogP contribution in [0.2, 0.25) is 5.02 Å². The molecule has 0 aromatic heterocycles. The number of hydrogen-bond acceptors (Lipinski definition) is 4. The van der Waals surface area contributed by atoms with Crippen molar-refractivity contribution in [1.29, 1.82) is 0 Å². The van der Waals surface area contributed by atoms with Crippen LogP contribution in [0.1, 0.15) is 32.6 Å². The maximum atomic E-state index is 11.5. The zero-order chi connectivity index (χ0) is 15.5. The molecule has 0 amide bonds. The minimum Gasteiger partial charge on any atom is -0.463 e. The third-order valence-corrected chi connectivity index (χ3v) is 2.85. The Balaban J connectivity index is 2.28. The Labute approximate surface area is 129 Å². The Kier molecular flexibility index (Phi) is 8.21. The van der Waals surface area contributed by atoms with Gasteiger partial charge < -0.3 is 9.47 Å². The highest BCUT2D eigenvalue weighted by molar-refractivity contribution is 6.30.